The van der Waals surface area contributed by atoms with Crippen LogP contribution < -0.4 is 5.32 Å². The molecule has 78 valence electrons. The average Bonchev–Trinajstić information content (AvgIpc) is 2.94. The summed E-state index contributed by atoms with van der Waals surface area (Å²) < 4.78 is 0. The van der Waals surface area contributed by atoms with Gasteiger partial charge in [-0.25, -0.2) is 0 Å². The second kappa shape index (κ2) is 5.00. The number of carbonyl (C=O) groups is 1. The summed E-state index contributed by atoms with van der Waals surface area (Å²) >= 11 is 0. The van der Waals surface area contributed by atoms with Crippen LogP contribution in [0.4, 0.5) is 0 Å². The summed E-state index contributed by atoms with van der Waals surface area (Å²) in [7, 11) is 0. The predicted octanol–water partition coefficient (Wildman–Crippen LogP) is 1.16. The zero-order chi connectivity index (χ0) is 10.6. The number of ketones is 1. The fourth-order valence-corrected chi connectivity index (χ4v) is 0.998. The van der Waals surface area contributed by atoms with Crippen molar-refractivity contribution in [1.29, 1.82) is 0 Å². The normalized spacial score (nSPS) is 22.4. The summed E-state index contributed by atoms with van der Waals surface area (Å²) in [6, 6.07) is 0.285. The van der Waals surface area contributed by atoms with E-state index in [1.165, 1.54) is 0 Å². The standard InChI is InChI=1S/C10H17N3O/c1-4-7(2)12-13-9(5-8(3)14)10-6-11-10/h10-11H,4-6H2,1-3H3/b12-7+,13-9-. The molecule has 0 aromatic heterocycles. The summed E-state index contributed by atoms with van der Waals surface area (Å²) in [5.74, 6) is 0.141. The molecule has 1 saturated heterocycles. The molecule has 4 heteroatoms. The van der Waals surface area contributed by atoms with E-state index < -0.39 is 0 Å². The molecule has 0 spiro atoms. The third-order valence-corrected chi connectivity index (χ3v) is 2.10. The Morgan fingerprint density at radius 1 is 1.43 bits per heavy atom. The van der Waals surface area contributed by atoms with Gasteiger partial charge in [-0.3, -0.25) is 4.79 Å². The number of hydrogen-bond donors (Lipinski definition) is 1. The Morgan fingerprint density at radius 2 is 2.07 bits per heavy atom. The molecule has 1 unspecified atom stereocenters. The first-order valence-corrected chi connectivity index (χ1v) is 4.96. The Hall–Kier alpha value is -1.03. The van der Waals surface area contributed by atoms with Crippen molar-refractivity contribution in [1.82, 2.24) is 5.32 Å². The number of nitrogens with zero attached hydrogens (tertiary/aromatic N) is 2. The van der Waals surface area contributed by atoms with Crippen LogP contribution in [0.3, 0.4) is 0 Å². The Morgan fingerprint density at radius 3 is 2.50 bits per heavy atom. The summed E-state index contributed by atoms with van der Waals surface area (Å²) in [5.41, 5.74) is 1.86. The van der Waals surface area contributed by atoms with Gasteiger partial charge in [0.25, 0.3) is 0 Å². The van der Waals surface area contributed by atoms with E-state index in [0.29, 0.717) is 6.42 Å². The van der Waals surface area contributed by atoms with Crippen molar-refractivity contribution in [2.45, 2.75) is 39.7 Å². The molecule has 1 aliphatic rings. The van der Waals surface area contributed by atoms with Crippen molar-refractivity contribution in [2.75, 3.05) is 6.54 Å². The second-order valence-electron chi connectivity index (χ2n) is 3.62. The quantitative estimate of drug-likeness (QED) is 0.406. The number of Topliss-reactive ketones (excluding diaryl/α,β-unsaturated/α-hetero) is 1. The highest BCUT2D eigenvalue weighted by Crippen LogP contribution is 2.05. The first kappa shape index (κ1) is 11.0. The molecule has 0 aliphatic carbocycles. The number of nitrogens with one attached hydrogen (secondary N) is 1. The van der Waals surface area contributed by atoms with Gasteiger partial charge in [-0.1, -0.05) is 6.92 Å². The lowest BCUT2D eigenvalue weighted by Gasteiger charge is -1.98. The van der Waals surface area contributed by atoms with E-state index in [1.54, 1.807) is 6.92 Å². The van der Waals surface area contributed by atoms with E-state index in [0.717, 1.165) is 24.4 Å². The fourth-order valence-electron chi connectivity index (χ4n) is 0.998. The van der Waals surface area contributed by atoms with Gasteiger partial charge in [0.05, 0.1) is 11.8 Å². The Kier molecular flexibility index (Phi) is 3.95. The molecule has 1 aliphatic heterocycles. The Bertz CT molecular complexity index is 277. The molecule has 0 saturated carbocycles. The highest BCUT2D eigenvalue weighted by atomic mass is 16.1. The average molecular weight is 195 g/mol. The van der Waals surface area contributed by atoms with Gasteiger partial charge in [-0.05, 0) is 20.3 Å². The monoisotopic (exact) mass is 195 g/mol. The van der Waals surface area contributed by atoms with E-state index in [9.17, 15) is 4.79 Å². The van der Waals surface area contributed by atoms with Crippen LogP contribution >= 0.6 is 0 Å². The molecule has 1 N–H and O–H groups in total. The van der Waals surface area contributed by atoms with Crippen LogP contribution in [-0.4, -0.2) is 29.8 Å². The molecular weight excluding hydrogens is 178 g/mol. The van der Waals surface area contributed by atoms with E-state index in [2.05, 4.69) is 15.5 Å². The van der Waals surface area contributed by atoms with Crippen LogP contribution in [0.15, 0.2) is 10.2 Å². The van der Waals surface area contributed by atoms with Gasteiger partial charge in [0.1, 0.15) is 5.78 Å². The highest BCUT2D eigenvalue weighted by Gasteiger charge is 2.27. The summed E-state index contributed by atoms with van der Waals surface area (Å²) in [6.45, 7) is 6.48. The van der Waals surface area contributed by atoms with Gasteiger partial charge in [0, 0.05) is 18.7 Å². The van der Waals surface area contributed by atoms with Crippen LogP contribution in [0.5, 0.6) is 0 Å². The van der Waals surface area contributed by atoms with Crippen LogP contribution in [-0.2, 0) is 4.79 Å². The maximum absolute atomic E-state index is 10.9. The SMILES string of the molecule is CC/C(C)=N/N=C(/CC(C)=O)C1CN1. The van der Waals surface area contributed by atoms with Crippen LogP contribution in [0.25, 0.3) is 0 Å². The molecule has 0 aromatic rings. The summed E-state index contributed by atoms with van der Waals surface area (Å²) in [6.07, 6.45) is 1.31. The molecule has 0 amide bonds. The van der Waals surface area contributed by atoms with Gasteiger partial charge in [0.2, 0.25) is 0 Å². The van der Waals surface area contributed by atoms with Gasteiger partial charge in [-0.15, -0.1) is 0 Å². The maximum Gasteiger partial charge on any atom is 0.135 e. The summed E-state index contributed by atoms with van der Waals surface area (Å²) in [5, 5.41) is 11.3. The largest absolute Gasteiger partial charge is 0.306 e. The molecule has 0 aromatic carbocycles. The topological polar surface area (TPSA) is 63.7 Å². The first-order valence-electron chi connectivity index (χ1n) is 4.96. The second-order valence-corrected chi connectivity index (χ2v) is 3.62. The minimum Gasteiger partial charge on any atom is -0.306 e. The maximum atomic E-state index is 10.9. The first-order chi connectivity index (χ1) is 6.63. The number of rotatable bonds is 5. The summed E-state index contributed by atoms with van der Waals surface area (Å²) in [4.78, 5) is 10.9. The lowest BCUT2D eigenvalue weighted by Crippen LogP contribution is -2.13. The minimum atomic E-state index is 0.141. The van der Waals surface area contributed by atoms with Crippen molar-refractivity contribution < 1.29 is 4.79 Å². The molecule has 1 fully saturated rings. The van der Waals surface area contributed by atoms with Gasteiger partial charge < -0.3 is 5.32 Å². The molecule has 14 heavy (non-hydrogen) atoms. The van der Waals surface area contributed by atoms with Crippen LogP contribution in [0.2, 0.25) is 0 Å². The number of carbonyl (C=O) groups excluding carboxylic acids is 1. The molecule has 0 bridgehead atoms. The number of hydrogen-bond acceptors (Lipinski definition) is 4. The van der Waals surface area contributed by atoms with Crippen molar-refractivity contribution >= 4 is 17.2 Å². The van der Waals surface area contributed by atoms with Crippen molar-refractivity contribution in [3.8, 4) is 0 Å². The zero-order valence-corrected chi connectivity index (χ0v) is 9.00. The van der Waals surface area contributed by atoms with Crippen molar-refractivity contribution in [2.24, 2.45) is 10.2 Å². The fraction of sp³-hybridized carbons (Fsp3) is 0.700. The lowest BCUT2D eigenvalue weighted by molar-refractivity contribution is -0.115. The molecule has 1 heterocycles. The molecule has 4 nitrogen and oxygen atoms in total. The van der Waals surface area contributed by atoms with E-state index in [4.69, 9.17) is 0 Å². The smallest absolute Gasteiger partial charge is 0.135 e. The van der Waals surface area contributed by atoms with Crippen LogP contribution in [0.1, 0.15) is 33.6 Å². The van der Waals surface area contributed by atoms with Gasteiger partial charge >= 0.3 is 0 Å². The molecule has 1 rings (SSSR count). The van der Waals surface area contributed by atoms with Gasteiger partial charge in [0.15, 0.2) is 0 Å². The third-order valence-electron chi connectivity index (χ3n) is 2.10. The predicted molar refractivity (Wildman–Crippen MR) is 57.9 cm³/mol. The Labute approximate surface area is 84.5 Å². The Balaban J connectivity index is 2.61. The van der Waals surface area contributed by atoms with Crippen molar-refractivity contribution in [3.63, 3.8) is 0 Å². The van der Waals surface area contributed by atoms with E-state index in [-0.39, 0.29) is 11.8 Å². The highest BCUT2D eigenvalue weighted by molar-refractivity contribution is 6.05. The lowest BCUT2D eigenvalue weighted by atomic mass is 10.1. The van der Waals surface area contributed by atoms with E-state index in [1.807, 2.05) is 13.8 Å². The van der Waals surface area contributed by atoms with Crippen molar-refractivity contribution in [3.05, 3.63) is 0 Å². The van der Waals surface area contributed by atoms with Gasteiger partial charge in [-0.2, -0.15) is 10.2 Å². The van der Waals surface area contributed by atoms with E-state index >= 15 is 0 Å². The minimum absolute atomic E-state index is 0.141. The van der Waals surface area contributed by atoms with Crippen LogP contribution in [0, 0.1) is 0 Å². The zero-order valence-electron chi connectivity index (χ0n) is 9.00. The molecule has 1 atom stereocenters. The molecular formula is C10H17N3O. The molecule has 0 radical (unpaired) electrons. The third kappa shape index (κ3) is 3.79.